The van der Waals surface area contributed by atoms with Gasteiger partial charge in [-0.25, -0.2) is 0 Å². The van der Waals surface area contributed by atoms with E-state index in [4.69, 9.17) is 5.73 Å². The molecular formula is C14H23N3O. The van der Waals surface area contributed by atoms with Gasteiger partial charge in [-0.05, 0) is 37.9 Å². The molecule has 0 radical (unpaired) electrons. The first-order valence-electron chi connectivity index (χ1n) is 6.32. The molecule has 0 atom stereocenters. The summed E-state index contributed by atoms with van der Waals surface area (Å²) in [5, 5.41) is 0. The van der Waals surface area contributed by atoms with E-state index in [0.29, 0.717) is 25.2 Å². The molecule has 1 aromatic heterocycles. The van der Waals surface area contributed by atoms with Crippen LogP contribution < -0.4 is 5.73 Å². The van der Waals surface area contributed by atoms with E-state index < -0.39 is 0 Å². The highest BCUT2D eigenvalue weighted by Gasteiger charge is 2.24. The molecule has 0 aliphatic heterocycles. The Kier molecular flexibility index (Phi) is 4.84. The molecule has 1 amide bonds. The first kappa shape index (κ1) is 14.6. The number of pyridine rings is 1. The number of hydrogen-bond acceptors (Lipinski definition) is 3. The summed E-state index contributed by atoms with van der Waals surface area (Å²) in [4.78, 5) is 18.4. The van der Waals surface area contributed by atoms with Gasteiger partial charge < -0.3 is 10.6 Å². The Morgan fingerprint density at radius 2 is 2.17 bits per heavy atom. The number of hydrogen-bond donors (Lipinski definition) is 1. The second kappa shape index (κ2) is 5.96. The molecule has 0 unspecified atom stereocenters. The third-order valence-electron chi connectivity index (χ3n) is 3.08. The fourth-order valence-corrected chi connectivity index (χ4v) is 1.79. The van der Waals surface area contributed by atoms with Gasteiger partial charge in [0.1, 0.15) is 0 Å². The van der Waals surface area contributed by atoms with Gasteiger partial charge in [-0.3, -0.25) is 9.78 Å². The zero-order valence-corrected chi connectivity index (χ0v) is 11.7. The van der Waals surface area contributed by atoms with E-state index >= 15 is 0 Å². The lowest BCUT2D eigenvalue weighted by atomic mass is 9.93. The van der Waals surface area contributed by atoms with Crippen molar-refractivity contribution in [3.8, 4) is 0 Å². The molecule has 0 aliphatic rings. The van der Waals surface area contributed by atoms with Crippen LogP contribution in [0.5, 0.6) is 0 Å². The van der Waals surface area contributed by atoms with E-state index in [9.17, 15) is 4.79 Å². The molecule has 0 fully saturated rings. The van der Waals surface area contributed by atoms with Crippen molar-refractivity contribution in [1.82, 2.24) is 9.88 Å². The number of aryl methyl sites for hydroxylation is 1. The maximum atomic E-state index is 12.4. The molecule has 4 nitrogen and oxygen atoms in total. The van der Waals surface area contributed by atoms with E-state index in [1.807, 2.05) is 24.8 Å². The van der Waals surface area contributed by atoms with E-state index in [1.54, 1.807) is 12.3 Å². The van der Waals surface area contributed by atoms with Crippen molar-refractivity contribution in [3.63, 3.8) is 0 Å². The maximum absolute atomic E-state index is 12.4. The minimum Gasteiger partial charge on any atom is -0.338 e. The van der Waals surface area contributed by atoms with Crippen molar-refractivity contribution in [2.75, 3.05) is 19.6 Å². The summed E-state index contributed by atoms with van der Waals surface area (Å²) in [6.07, 6.45) is 1.70. The number of nitrogens with two attached hydrogens (primary N) is 1. The molecule has 0 aliphatic carbocycles. The highest BCUT2D eigenvalue weighted by molar-refractivity contribution is 5.95. The van der Waals surface area contributed by atoms with Gasteiger partial charge in [-0.15, -0.1) is 0 Å². The van der Waals surface area contributed by atoms with E-state index in [-0.39, 0.29) is 11.3 Å². The van der Waals surface area contributed by atoms with E-state index in [2.05, 4.69) is 18.8 Å². The van der Waals surface area contributed by atoms with Crippen LogP contribution in [0.25, 0.3) is 0 Å². The van der Waals surface area contributed by atoms with Gasteiger partial charge in [0.05, 0.1) is 5.56 Å². The molecule has 100 valence electrons. The van der Waals surface area contributed by atoms with Crippen LogP contribution in [0, 0.1) is 12.3 Å². The van der Waals surface area contributed by atoms with E-state index in [0.717, 1.165) is 5.69 Å². The molecule has 0 spiro atoms. The smallest absolute Gasteiger partial charge is 0.255 e. The lowest BCUT2D eigenvalue weighted by Gasteiger charge is -2.31. The third-order valence-corrected chi connectivity index (χ3v) is 3.08. The molecule has 0 saturated heterocycles. The van der Waals surface area contributed by atoms with Gasteiger partial charge >= 0.3 is 0 Å². The summed E-state index contributed by atoms with van der Waals surface area (Å²) in [6.45, 7) is 9.87. The molecule has 18 heavy (non-hydrogen) atoms. The van der Waals surface area contributed by atoms with Gasteiger partial charge in [0, 0.05) is 25.0 Å². The second-order valence-electron chi connectivity index (χ2n) is 5.32. The zero-order chi connectivity index (χ0) is 13.8. The summed E-state index contributed by atoms with van der Waals surface area (Å²) in [5.74, 6) is 0.0321. The molecule has 0 saturated carbocycles. The molecule has 2 N–H and O–H groups in total. The van der Waals surface area contributed by atoms with Crippen LogP contribution in [0.1, 0.15) is 36.8 Å². The van der Waals surface area contributed by atoms with Gasteiger partial charge in [0.25, 0.3) is 5.91 Å². The summed E-state index contributed by atoms with van der Waals surface area (Å²) >= 11 is 0. The van der Waals surface area contributed by atoms with Crippen LogP contribution in [0.15, 0.2) is 18.3 Å². The predicted octanol–water partition coefficient (Wildman–Crippen LogP) is 1.84. The average molecular weight is 249 g/mol. The Balaban J connectivity index is 2.90. The van der Waals surface area contributed by atoms with Gasteiger partial charge in [-0.2, -0.15) is 0 Å². The van der Waals surface area contributed by atoms with Crippen molar-refractivity contribution in [1.29, 1.82) is 0 Å². The minimum absolute atomic E-state index is 0.0321. The molecule has 4 heteroatoms. The quantitative estimate of drug-likeness (QED) is 0.866. The number of amides is 1. The van der Waals surface area contributed by atoms with Crippen molar-refractivity contribution >= 4 is 5.91 Å². The molecule has 0 aromatic carbocycles. The maximum Gasteiger partial charge on any atom is 0.255 e. The Hall–Kier alpha value is -1.42. The normalized spacial score (nSPS) is 11.4. The largest absolute Gasteiger partial charge is 0.338 e. The number of rotatable bonds is 5. The zero-order valence-electron chi connectivity index (χ0n) is 11.7. The van der Waals surface area contributed by atoms with Crippen molar-refractivity contribution in [2.24, 2.45) is 11.1 Å². The molecular weight excluding hydrogens is 226 g/mol. The van der Waals surface area contributed by atoms with Gasteiger partial charge in [0.2, 0.25) is 0 Å². The summed E-state index contributed by atoms with van der Waals surface area (Å²) in [7, 11) is 0. The van der Waals surface area contributed by atoms with Crippen LogP contribution >= 0.6 is 0 Å². The Labute approximate surface area is 109 Å². The Morgan fingerprint density at radius 3 is 2.67 bits per heavy atom. The van der Waals surface area contributed by atoms with E-state index in [1.165, 1.54) is 0 Å². The summed E-state index contributed by atoms with van der Waals surface area (Å²) < 4.78 is 0. The van der Waals surface area contributed by atoms with Gasteiger partial charge in [0.15, 0.2) is 0 Å². The van der Waals surface area contributed by atoms with Crippen molar-refractivity contribution in [3.05, 3.63) is 29.6 Å². The van der Waals surface area contributed by atoms with Crippen LogP contribution in [0.4, 0.5) is 0 Å². The highest BCUT2D eigenvalue weighted by atomic mass is 16.2. The number of carbonyl (C=O) groups excluding carboxylic acids is 1. The monoisotopic (exact) mass is 249 g/mol. The fraction of sp³-hybridized carbons (Fsp3) is 0.571. The predicted molar refractivity (Wildman–Crippen MR) is 73.4 cm³/mol. The lowest BCUT2D eigenvalue weighted by Crippen LogP contribution is -2.42. The molecule has 1 heterocycles. The SMILES string of the molecule is CCN(CC(C)(C)CN)C(=O)c1cccnc1C. The van der Waals surface area contributed by atoms with Gasteiger partial charge in [-0.1, -0.05) is 13.8 Å². The lowest BCUT2D eigenvalue weighted by molar-refractivity contribution is 0.0699. The second-order valence-corrected chi connectivity index (χ2v) is 5.32. The first-order chi connectivity index (χ1) is 8.41. The number of aromatic nitrogens is 1. The highest BCUT2D eigenvalue weighted by Crippen LogP contribution is 2.17. The molecule has 0 bridgehead atoms. The van der Waals surface area contributed by atoms with Crippen LogP contribution in [0.2, 0.25) is 0 Å². The van der Waals surface area contributed by atoms with Crippen molar-refractivity contribution < 1.29 is 4.79 Å². The Morgan fingerprint density at radius 1 is 1.50 bits per heavy atom. The fourth-order valence-electron chi connectivity index (χ4n) is 1.79. The topological polar surface area (TPSA) is 59.2 Å². The average Bonchev–Trinajstić information content (AvgIpc) is 2.36. The van der Waals surface area contributed by atoms with Crippen LogP contribution in [0.3, 0.4) is 0 Å². The van der Waals surface area contributed by atoms with Crippen LogP contribution in [-0.2, 0) is 0 Å². The number of nitrogens with zero attached hydrogens (tertiary/aromatic N) is 2. The Bertz CT molecular complexity index is 415. The standard InChI is InChI=1S/C14H23N3O/c1-5-17(10-14(3,4)9-15)13(18)12-7-6-8-16-11(12)2/h6-8H,5,9-10,15H2,1-4H3. The summed E-state index contributed by atoms with van der Waals surface area (Å²) in [6, 6.07) is 3.62. The summed E-state index contributed by atoms with van der Waals surface area (Å²) in [5.41, 5.74) is 7.10. The third kappa shape index (κ3) is 3.53. The van der Waals surface area contributed by atoms with Crippen molar-refractivity contribution in [2.45, 2.75) is 27.7 Å². The first-order valence-corrected chi connectivity index (χ1v) is 6.32. The minimum atomic E-state index is -0.0677. The molecule has 1 rings (SSSR count). The van der Waals surface area contributed by atoms with Crippen LogP contribution in [-0.4, -0.2) is 35.4 Å². The number of carbonyl (C=O) groups is 1. The molecule has 1 aromatic rings.